The molecule has 2 N–H and O–H groups in total. The molecule has 2 aromatic carbocycles. The van der Waals surface area contributed by atoms with Crippen molar-refractivity contribution in [1.29, 1.82) is 0 Å². The Balaban J connectivity index is 2.03. The first-order valence-electron chi connectivity index (χ1n) is 5.89. The van der Waals surface area contributed by atoms with E-state index in [-0.39, 0.29) is 5.92 Å². The second-order valence-corrected chi connectivity index (χ2v) is 5.51. The fraction of sp³-hybridized carbons (Fsp3) is 0.200. The van der Waals surface area contributed by atoms with Crippen molar-refractivity contribution in [2.75, 3.05) is 0 Å². The fourth-order valence-corrected chi connectivity index (χ4v) is 2.92. The number of hydrogen-bond acceptors (Lipinski definition) is 2. The predicted molar refractivity (Wildman–Crippen MR) is 73.2 cm³/mol. The number of aliphatic hydroxyl groups is 2. The minimum absolute atomic E-state index is 0.282. The molecule has 0 fully saturated rings. The summed E-state index contributed by atoms with van der Waals surface area (Å²) in [5.41, 5.74) is 2.62. The standard InChI is InChI=1S/C15H13BrO2/c16-10-7-5-9(6-8-10)13-14(17)11-3-1-2-4-12(11)15(13)18/h1-8,13-15,17-18H/t13?,14-,15+. The van der Waals surface area contributed by atoms with Crippen LogP contribution in [-0.2, 0) is 0 Å². The van der Waals surface area contributed by atoms with Crippen LogP contribution in [0.15, 0.2) is 53.0 Å². The summed E-state index contributed by atoms with van der Waals surface area (Å²) in [6, 6.07) is 15.3. The van der Waals surface area contributed by atoms with Gasteiger partial charge in [0.05, 0.1) is 12.2 Å². The van der Waals surface area contributed by atoms with Gasteiger partial charge in [0.1, 0.15) is 0 Å². The smallest absolute Gasteiger partial charge is 0.0890 e. The Kier molecular flexibility index (Phi) is 2.98. The van der Waals surface area contributed by atoms with Crippen molar-refractivity contribution in [2.24, 2.45) is 0 Å². The van der Waals surface area contributed by atoms with Gasteiger partial charge in [-0.3, -0.25) is 0 Å². The molecule has 3 atom stereocenters. The highest BCUT2D eigenvalue weighted by atomic mass is 79.9. The third-order valence-electron chi connectivity index (χ3n) is 3.57. The maximum Gasteiger partial charge on any atom is 0.0890 e. The summed E-state index contributed by atoms with van der Waals surface area (Å²) in [6.07, 6.45) is -1.28. The van der Waals surface area contributed by atoms with E-state index < -0.39 is 12.2 Å². The Bertz CT molecular complexity index is 536. The van der Waals surface area contributed by atoms with Crippen molar-refractivity contribution in [2.45, 2.75) is 18.1 Å². The zero-order chi connectivity index (χ0) is 12.7. The molecule has 1 aliphatic rings. The average Bonchev–Trinajstić information content (AvgIpc) is 2.64. The van der Waals surface area contributed by atoms with Gasteiger partial charge in [0.2, 0.25) is 0 Å². The molecule has 18 heavy (non-hydrogen) atoms. The van der Waals surface area contributed by atoms with Gasteiger partial charge in [-0.1, -0.05) is 52.3 Å². The Morgan fingerprint density at radius 3 is 1.78 bits per heavy atom. The molecule has 0 saturated carbocycles. The highest BCUT2D eigenvalue weighted by molar-refractivity contribution is 9.10. The van der Waals surface area contributed by atoms with Crippen molar-refractivity contribution in [3.8, 4) is 0 Å². The predicted octanol–water partition coefficient (Wildman–Crippen LogP) is 3.31. The van der Waals surface area contributed by atoms with Crippen molar-refractivity contribution < 1.29 is 10.2 Å². The first kappa shape index (κ1) is 11.9. The molecule has 1 aliphatic carbocycles. The van der Waals surface area contributed by atoms with Crippen molar-refractivity contribution in [3.63, 3.8) is 0 Å². The molecule has 0 radical (unpaired) electrons. The summed E-state index contributed by atoms with van der Waals surface area (Å²) in [4.78, 5) is 0. The van der Waals surface area contributed by atoms with Crippen LogP contribution < -0.4 is 0 Å². The number of rotatable bonds is 1. The zero-order valence-corrected chi connectivity index (χ0v) is 11.2. The molecule has 92 valence electrons. The molecule has 2 nitrogen and oxygen atoms in total. The summed E-state index contributed by atoms with van der Waals surface area (Å²) in [6.45, 7) is 0. The van der Waals surface area contributed by atoms with E-state index >= 15 is 0 Å². The van der Waals surface area contributed by atoms with Crippen molar-refractivity contribution in [1.82, 2.24) is 0 Å². The summed E-state index contributed by atoms with van der Waals surface area (Å²) < 4.78 is 0.991. The third-order valence-corrected chi connectivity index (χ3v) is 4.10. The van der Waals surface area contributed by atoms with Crippen LogP contribution in [0.4, 0.5) is 0 Å². The van der Waals surface area contributed by atoms with Crippen LogP contribution in [-0.4, -0.2) is 10.2 Å². The topological polar surface area (TPSA) is 40.5 Å². The van der Waals surface area contributed by atoms with Crippen LogP contribution >= 0.6 is 15.9 Å². The molecule has 0 spiro atoms. The Morgan fingerprint density at radius 2 is 1.28 bits per heavy atom. The molecule has 2 aromatic rings. The van der Waals surface area contributed by atoms with Crippen LogP contribution in [0, 0.1) is 0 Å². The van der Waals surface area contributed by atoms with Crippen molar-refractivity contribution >= 4 is 15.9 Å². The van der Waals surface area contributed by atoms with Gasteiger partial charge >= 0.3 is 0 Å². The van der Waals surface area contributed by atoms with E-state index in [1.807, 2.05) is 48.5 Å². The number of aliphatic hydroxyl groups excluding tert-OH is 2. The number of fused-ring (bicyclic) bond motifs is 1. The Labute approximate surface area is 114 Å². The molecular weight excluding hydrogens is 292 g/mol. The zero-order valence-electron chi connectivity index (χ0n) is 9.62. The van der Waals surface area contributed by atoms with Gasteiger partial charge in [0, 0.05) is 10.4 Å². The molecule has 0 amide bonds. The average molecular weight is 305 g/mol. The summed E-state index contributed by atoms with van der Waals surface area (Å²) in [5, 5.41) is 20.7. The first-order valence-corrected chi connectivity index (χ1v) is 6.68. The quantitative estimate of drug-likeness (QED) is 0.848. The van der Waals surface area contributed by atoms with Gasteiger partial charge in [-0.2, -0.15) is 0 Å². The normalized spacial score (nSPS) is 26.1. The van der Waals surface area contributed by atoms with E-state index in [0.717, 1.165) is 21.2 Å². The lowest BCUT2D eigenvalue weighted by Crippen LogP contribution is -2.09. The minimum Gasteiger partial charge on any atom is -0.388 e. The first-order chi connectivity index (χ1) is 8.68. The van der Waals surface area contributed by atoms with Crippen molar-refractivity contribution in [3.05, 3.63) is 69.7 Å². The lowest BCUT2D eigenvalue weighted by Gasteiger charge is -2.19. The SMILES string of the molecule is O[C@@H]1c2ccccc2[C@H](O)C1c1ccc(Br)cc1. The lowest BCUT2D eigenvalue weighted by atomic mass is 9.92. The van der Waals surface area contributed by atoms with Crippen LogP contribution in [0.1, 0.15) is 34.8 Å². The largest absolute Gasteiger partial charge is 0.388 e. The van der Waals surface area contributed by atoms with Gasteiger partial charge in [0.25, 0.3) is 0 Å². The second kappa shape index (κ2) is 4.50. The van der Waals surface area contributed by atoms with E-state index in [0.29, 0.717) is 0 Å². The number of hydrogen-bond donors (Lipinski definition) is 2. The van der Waals surface area contributed by atoms with E-state index in [1.54, 1.807) is 0 Å². The summed E-state index contributed by atoms with van der Waals surface area (Å²) in [7, 11) is 0. The highest BCUT2D eigenvalue weighted by Crippen LogP contribution is 2.49. The van der Waals surface area contributed by atoms with Gasteiger partial charge in [-0.15, -0.1) is 0 Å². The van der Waals surface area contributed by atoms with Gasteiger partial charge < -0.3 is 10.2 Å². The third kappa shape index (κ3) is 1.79. The molecule has 0 aliphatic heterocycles. The second-order valence-electron chi connectivity index (χ2n) is 4.60. The Hall–Kier alpha value is -1.16. The van der Waals surface area contributed by atoms with Gasteiger partial charge in [0.15, 0.2) is 0 Å². The maximum atomic E-state index is 10.4. The Morgan fingerprint density at radius 1 is 0.778 bits per heavy atom. The van der Waals surface area contributed by atoms with E-state index in [4.69, 9.17) is 0 Å². The maximum absolute atomic E-state index is 10.4. The van der Waals surface area contributed by atoms with E-state index in [1.165, 1.54) is 0 Å². The molecule has 3 rings (SSSR count). The summed E-state index contributed by atoms with van der Waals surface area (Å²) >= 11 is 3.39. The van der Waals surface area contributed by atoms with Crippen LogP contribution in [0.5, 0.6) is 0 Å². The lowest BCUT2D eigenvalue weighted by molar-refractivity contribution is 0.0771. The monoisotopic (exact) mass is 304 g/mol. The fourth-order valence-electron chi connectivity index (χ4n) is 2.66. The minimum atomic E-state index is -0.641. The summed E-state index contributed by atoms with van der Waals surface area (Å²) in [5.74, 6) is -0.282. The van der Waals surface area contributed by atoms with Crippen LogP contribution in [0.2, 0.25) is 0 Å². The molecule has 1 unspecified atom stereocenters. The van der Waals surface area contributed by atoms with E-state index in [9.17, 15) is 10.2 Å². The highest BCUT2D eigenvalue weighted by Gasteiger charge is 2.39. The molecular formula is C15H13BrO2. The molecule has 0 heterocycles. The molecule has 3 heteroatoms. The molecule has 0 bridgehead atoms. The number of benzene rings is 2. The number of halogens is 1. The van der Waals surface area contributed by atoms with Gasteiger partial charge in [-0.25, -0.2) is 0 Å². The van der Waals surface area contributed by atoms with E-state index in [2.05, 4.69) is 15.9 Å². The molecule has 0 saturated heterocycles. The van der Waals surface area contributed by atoms with Crippen LogP contribution in [0.25, 0.3) is 0 Å². The van der Waals surface area contributed by atoms with Gasteiger partial charge in [-0.05, 0) is 28.8 Å². The van der Waals surface area contributed by atoms with Crippen LogP contribution in [0.3, 0.4) is 0 Å². The molecule has 0 aromatic heterocycles.